The minimum absolute atomic E-state index is 0.565. The average molecular weight is 291 g/mol. The Labute approximate surface area is 120 Å². The maximum absolute atomic E-state index is 5.87. The summed E-state index contributed by atoms with van der Waals surface area (Å²) in [5, 5.41) is 6.26. The molecule has 3 heterocycles. The molecule has 106 valence electrons. The zero-order valence-corrected chi connectivity index (χ0v) is 12.1. The van der Waals surface area contributed by atoms with E-state index in [2.05, 4.69) is 17.0 Å². The summed E-state index contributed by atoms with van der Waals surface area (Å²) in [6.45, 7) is 3.57. The van der Waals surface area contributed by atoms with Crippen LogP contribution >= 0.6 is 11.3 Å². The van der Waals surface area contributed by atoms with E-state index in [9.17, 15) is 0 Å². The molecule has 0 aliphatic rings. The van der Waals surface area contributed by atoms with Gasteiger partial charge in [0.05, 0.1) is 18.1 Å². The van der Waals surface area contributed by atoms with E-state index < -0.39 is 0 Å². The molecule has 3 aromatic heterocycles. The van der Waals surface area contributed by atoms with Gasteiger partial charge in [0.15, 0.2) is 10.7 Å². The van der Waals surface area contributed by atoms with Gasteiger partial charge in [-0.1, -0.05) is 6.92 Å². The maximum Gasteiger partial charge on any atom is 0.242 e. The molecule has 0 aliphatic carbocycles. The van der Waals surface area contributed by atoms with Crippen molar-refractivity contribution in [3.05, 3.63) is 29.7 Å². The van der Waals surface area contributed by atoms with Gasteiger partial charge in [0.2, 0.25) is 5.88 Å². The molecular weight excluding hydrogens is 274 g/mol. The van der Waals surface area contributed by atoms with E-state index in [1.807, 2.05) is 26.9 Å². The number of aromatic nitrogens is 4. The summed E-state index contributed by atoms with van der Waals surface area (Å²) >= 11 is 1.58. The standard InChI is InChI=1S/C13H17N5OS/c1-2-5-17-9-10(8-15-17)19-12-11(3-4-14)18-6-7-20-13(18)16-12/h6-9H,2-5,14H2,1H3. The number of imidazole rings is 1. The highest BCUT2D eigenvalue weighted by molar-refractivity contribution is 7.15. The van der Waals surface area contributed by atoms with Gasteiger partial charge < -0.3 is 10.5 Å². The SMILES string of the molecule is CCCn1cc(Oc2nc3sccn3c2CCN)cn1. The summed E-state index contributed by atoms with van der Waals surface area (Å²) in [6, 6.07) is 0. The van der Waals surface area contributed by atoms with Crippen LogP contribution in [0.1, 0.15) is 19.0 Å². The lowest BCUT2D eigenvalue weighted by atomic mass is 10.3. The van der Waals surface area contributed by atoms with E-state index in [4.69, 9.17) is 10.5 Å². The number of hydrogen-bond donors (Lipinski definition) is 1. The number of rotatable bonds is 6. The van der Waals surface area contributed by atoms with Gasteiger partial charge >= 0.3 is 0 Å². The molecule has 0 saturated heterocycles. The van der Waals surface area contributed by atoms with Gasteiger partial charge in [-0.05, 0) is 13.0 Å². The molecule has 0 radical (unpaired) electrons. The Morgan fingerprint density at radius 3 is 3.15 bits per heavy atom. The number of thiazole rings is 1. The van der Waals surface area contributed by atoms with E-state index in [-0.39, 0.29) is 0 Å². The maximum atomic E-state index is 5.87. The highest BCUT2D eigenvalue weighted by Crippen LogP contribution is 2.27. The van der Waals surface area contributed by atoms with Crippen molar-refractivity contribution in [3.8, 4) is 11.6 Å². The quantitative estimate of drug-likeness (QED) is 0.756. The first-order chi connectivity index (χ1) is 9.81. The summed E-state index contributed by atoms with van der Waals surface area (Å²) in [4.78, 5) is 5.43. The fourth-order valence-electron chi connectivity index (χ4n) is 2.12. The van der Waals surface area contributed by atoms with Gasteiger partial charge in [-0.25, -0.2) is 0 Å². The lowest BCUT2D eigenvalue weighted by molar-refractivity contribution is 0.457. The first-order valence-electron chi connectivity index (χ1n) is 6.66. The first kappa shape index (κ1) is 13.1. The topological polar surface area (TPSA) is 70.4 Å². The molecule has 3 aromatic rings. The normalized spacial score (nSPS) is 11.3. The molecule has 7 heteroatoms. The lowest BCUT2D eigenvalue weighted by Gasteiger charge is -2.02. The van der Waals surface area contributed by atoms with E-state index in [1.54, 1.807) is 17.5 Å². The molecule has 0 aliphatic heterocycles. The second kappa shape index (κ2) is 5.64. The van der Waals surface area contributed by atoms with Crippen LogP contribution in [-0.2, 0) is 13.0 Å². The highest BCUT2D eigenvalue weighted by Gasteiger charge is 2.15. The van der Waals surface area contributed by atoms with Crippen LogP contribution in [-0.4, -0.2) is 25.7 Å². The molecule has 0 saturated carbocycles. The van der Waals surface area contributed by atoms with Gasteiger partial charge in [-0.2, -0.15) is 10.1 Å². The molecule has 0 unspecified atom stereocenters. The Bertz CT molecular complexity index is 699. The Balaban J connectivity index is 1.88. The third-order valence-corrected chi connectivity index (χ3v) is 3.74. The Morgan fingerprint density at radius 2 is 2.35 bits per heavy atom. The summed E-state index contributed by atoms with van der Waals surface area (Å²) < 4.78 is 9.77. The lowest BCUT2D eigenvalue weighted by Crippen LogP contribution is -2.05. The molecule has 0 amide bonds. The number of nitrogens with two attached hydrogens (primary N) is 1. The van der Waals surface area contributed by atoms with Crippen molar-refractivity contribution in [2.75, 3.05) is 6.54 Å². The molecule has 3 rings (SSSR count). The zero-order valence-electron chi connectivity index (χ0n) is 11.3. The fraction of sp³-hybridized carbons (Fsp3) is 0.385. The number of fused-ring (bicyclic) bond motifs is 1. The molecule has 6 nitrogen and oxygen atoms in total. The van der Waals surface area contributed by atoms with Crippen molar-refractivity contribution in [1.82, 2.24) is 19.2 Å². The molecule has 0 aromatic carbocycles. The molecule has 2 N–H and O–H groups in total. The van der Waals surface area contributed by atoms with Crippen molar-refractivity contribution < 1.29 is 4.74 Å². The number of aryl methyl sites for hydroxylation is 1. The molecule has 0 atom stereocenters. The largest absolute Gasteiger partial charge is 0.434 e. The summed E-state index contributed by atoms with van der Waals surface area (Å²) in [5.41, 5.74) is 6.68. The van der Waals surface area contributed by atoms with Gasteiger partial charge in [-0.15, -0.1) is 11.3 Å². The number of nitrogens with zero attached hydrogens (tertiary/aromatic N) is 4. The van der Waals surface area contributed by atoms with Gasteiger partial charge in [0.25, 0.3) is 0 Å². The van der Waals surface area contributed by atoms with Gasteiger partial charge in [0.1, 0.15) is 0 Å². The summed E-state index contributed by atoms with van der Waals surface area (Å²) in [5.74, 6) is 1.33. The van der Waals surface area contributed by atoms with Crippen molar-refractivity contribution in [2.45, 2.75) is 26.3 Å². The minimum Gasteiger partial charge on any atom is -0.434 e. The average Bonchev–Trinajstić information content (AvgIpc) is 3.10. The molecule has 0 spiro atoms. The van der Waals surface area contributed by atoms with Crippen molar-refractivity contribution >= 4 is 16.3 Å². The van der Waals surface area contributed by atoms with Crippen LogP contribution in [0.15, 0.2) is 24.0 Å². The van der Waals surface area contributed by atoms with E-state index in [0.717, 1.165) is 30.0 Å². The van der Waals surface area contributed by atoms with Crippen molar-refractivity contribution in [3.63, 3.8) is 0 Å². The summed E-state index contributed by atoms with van der Waals surface area (Å²) in [6.07, 6.45) is 7.37. The smallest absolute Gasteiger partial charge is 0.242 e. The van der Waals surface area contributed by atoms with Crippen LogP contribution < -0.4 is 10.5 Å². The Hall–Kier alpha value is -1.86. The predicted molar refractivity (Wildman–Crippen MR) is 78.4 cm³/mol. The molecule has 0 fully saturated rings. The van der Waals surface area contributed by atoms with Crippen LogP contribution in [0.2, 0.25) is 0 Å². The van der Waals surface area contributed by atoms with Crippen molar-refractivity contribution in [2.24, 2.45) is 5.73 Å². The number of hydrogen-bond acceptors (Lipinski definition) is 5. The van der Waals surface area contributed by atoms with E-state index in [0.29, 0.717) is 18.2 Å². The highest BCUT2D eigenvalue weighted by atomic mass is 32.1. The zero-order chi connectivity index (χ0) is 13.9. The third-order valence-electron chi connectivity index (χ3n) is 2.98. The Morgan fingerprint density at radius 1 is 1.45 bits per heavy atom. The van der Waals surface area contributed by atoms with Crippen LogP contribution in [0.3, 0.4) is 0 Å². The van der Waals surface area contributed by atoms with E-state index in [1.165, 1.54) is 0 Å². The second-order valence-electron chi connectivity index (χ2n) is 4.50. The Kier molecular flexibility index (Phi) is 3.70. The second-order valence-corrected chi connectivity index (χ2v) is 5.37. The number of ether oxygens (including phenoxy) is 1. The van der Waals surface area contributed by atoms with Crippen LogP contribution in [0.25, 0.3) is 4.96 Å². The first-order valence-corrected chi connectivity index (χ1v) is 7.54. The predicted octanol–water partition coefficient (Wildman–Crippen LogP) is 2.30. The fourth-order valence-corrected chi connectivity index (χ4v) is 2.84. The molecular formula is C13H17N5OS. The third kappa shape index (κ3) is 2.41. The van der Waals surface area contributed by atoms with Crippen LogP contribution in [0, 0.1) is 0 Å². The van der Waals surface area contributed by atoms with Crippen molar-refractivity contribution in [1.29, 1.82) is 0 Å². The minimum atomic E-state index is 0.565. The van der Waals surface area contributed by atoms with Gasteiger partial charge in [0, 0.05) is 24.5 Å². The van der Waals surface area contributed by atoms with Crippen LogP contribution in [0.4, 0.5) is 0 Å². The van der Waals surface area contributed by atoms with Gasteiger partial charge in [-0.3, -0.25) is 9.08 Å². The molecule has 0 bridgehead atoms. The summed E-state index contributed by atoms with van der Waals surface area (Å²) in [7, 11) is 0. The monoisotopic (exact) mass is 291 g/mol. The molecule has 20 heavy (non-hydrogen) atoms. The van der Waals surface area contributed by atoms with E-state index >= 15 is 0 Å². The van der Waals surface area contributed by atoms with Crippen LogP contribution in [0.5, 0.6) is 11.6 Å².